The van der Waals surface area contributed by atoms with Crippen LogP contribution in [0.3, 0.4) is 0 Å². The smallest absolute Gasteiger partial charge is 0.0937 e. The number of hydrogen-bond acceptors (Lipinski definition) is 3. The summed E-state index contributed by atoms with van der Waals surface area (Å²) in [7, 11) is 0. The third-order valence-corrected chi connectivity index (χ3v) is 10.9. The fourth-order valence-corrected chi connectivity index (χ4v) is 9.09. The van der Waals surface area contributed by atoms with E-state index in [1.165, 1.54) is 38.5 Å². The van der Waals surface area contributed by atoms with Crippen molar-refractivity contribution in [3.8, 4) is 0 Å². The zero-order chi connectivity index (χ0) is 20.8. The Hall–Kier alpha value is -0.640. The molecule has 3 nitrogen and oxygen atoms in total. The Morgan fingerprint density at radius 1 is 1.17 bits per heavy atom. The number of fused-ring (bicyclic) bond motifs is 6. The van der Waals surface area contributed by atoms with Crippen molar-refractivity contribution in [1.29, 1.82) is 0 Å². The van der Waals surface area contributed by atoms with Gasteiger partial charge in [0.25, 0.3) is 0 Å². The predicted molar refractivity (Wildman–Crippen MR) is 120 cm³/mol. The van der Waals surface area contributed by atoms with Crippen molar-refractivity contribution in [3.05, 3.63) is 22.8 Å². The summed E-state index contributed by atoms with van der Waals surface area (Å²) in [5.41, 5.74) is 5.25. The van der Waals surface area contributed by atoms with Crippen molar-refractivity contribution in [2.75, 3.05) is 6.54 Å². The molecule has 0 bridgehead atoms. The largest absolute Gasteiger partial charge is 0.393 e. The first-order valence-corrected chi connectivity index (χ1v) is 12.8. The second-order valence-electron chi connectivity index (χ2n) is 12.2. The van der Waals surface area contributed by atoms with E-state index in [9.17, 15) is 5.11 Å². The number of ether oxygens (including phenoxy) is 1. The minimum absolute atomic E-state index is 0.0222. The van der Waals surface area contributed by atoms with Gasteiger partial charge in [0.05, 0.1) is 17.8 Å². The van der Waals surface area contributed by atoms with Crippen LogP contribution in [0.4, 0.5) is 0 Å². The van der Waals surface area contributed by atoms with E-state index in [0.717, 1.165) is 43.1 Å². The summed E-state index contributed by atoms with van der Waals surface area (Å²) < 4.78 is 7.03. The normalized spacial score (nSPS) is 55.0. The van der Waals surface area contributed by atoms with E-state index in [-0.39, 0.29) is 11.7 Å². The molecule has 2 unspecified atom stereocenters. The van der Waals surface area contributed by atoms with Crippen LogP contribution in [0, 0.1) is 35.0 Å². The number of piperidine rings is 1. The maximum atomic E-state index is 10.3. The highest BCUT2D eigenvalue weighted by atomic mass is 16.5. The van der Waals surface area contributed by atoms with Crippen LogP contribution >= 0.6 is 0 Å². The van der Waals surface area contributed by atoms with Gasteiger partial charge < -0.3 is 15.2 Å². The summed E-state index contributed by atoms with van der Waals surface area (Å²) in [6, 6.07) is 0.530. The summed E-state index contributed by atoms with van der Waals surface area (Å²) in [4.78, 5) is 0. The molecule has 2 aliphatic heterocycles. The molecular formula is C27H41NO2. The van der Waals surface area contributed by atoms with E-state index in [2.05, 4.69) is 39.1 Å². The van der Waals surface area contributed by atoms with E-state index < -0.39 is 0 Å². The Kier molecular flexibility index (Phi) is 4.46. The second kappa shape index (κ2) is 6.68. The first kappa shape index (κ1) is 20.0. The van der Waals surface area contributed by atoms with Gasteiger partial charge in [-0.2, -0.15) is 0 Å². The third kappa shape index (κ3) is 2.55. The van der Waals surface area contributed by atoms with Gasteiger partial charge in [0, 0.05) is 12.0 Å². The van der Waals surface area contributed by atoms with Crippen LogP contribution in [-0.2, 0) is 4.74 Å². The SMILES string of the molecule is CC1=C2C[C@H]3[C@@H](CC=C4C[C@@H](O)CC[C@@]43C)C2CC[C@@]12OC1C[C@H](C)CN[C@H]1[C@H]2C. The molecule has 6 aliphatic rings. The van der Waals surface area contributed by atoms with Gasteiger partial charge in [-0.25, -0.2) is 0 Å². The van der Waals surface area contributed by atoms with E-state index in [4.69, 9.17) is 4.74 Å². The van der Waals surface area contributed by atoms with E-state index in [1.54, 1.807) is 16.7 Å². The molecule has 2 saturated carbocycles. The van der Waals surface area contributed by atoms with Gasteiger partial charge in [0.1, 0.15) is 0 Å². The van der Waals surface area contributed by atoms with Crippen LogP contribution in [0.25, 0.3) is 0 Å². The first-order valence-electron chi connectivity index (χ1n) is 12.8. The van der Waals surface area contributed by atoms with Gasteiger partial charge in [0.2, 0.25) is 0 Å². The van der Waals surface area contributed by atoms with Crippen molar-refractivity contribution in [3.63, 3.8) is 0 Å². The highest BCUT2D eigenvalue weighted by molar-refractivity contribution is 5.38. The predicted octanol–water partition coefficient (Wildman–Crippen LogP) is 5.00. The highest BCUT2D eigenvalue weighted by Crippen LogP contribution is 2.65. The standard InChI is InChI=1S/C27H41NO2/c1-15-11-24-25(28-14-15)17(3)27(30-24)10-8-20-21-6-5-18-12-19(29)7-9-26(18,4)23(21)13-22(20)16(27)2/h5,15,17,19-21,23-25,28-29H,6-14H2,1-4H3/t15-,17+,19-,20?,21-,23-,24?,25-,26-,27+/m0/s1. The van der Waals surface area contributed by atoms with Crippen LogP contribution in [0.1, 0.15) is 79.1 Å². The molecule has 4 aliphatic carbocycles. The van der Waals surface area contributed by atoms with Crippen LogP contribution in [0.2, 0.25) is 0 Å². The van der Waals surface area contributed by atoms with Gasteiger partial charge in [-0.15, -0.1) is 0 Å². The lowest BCUT2D eigenvalue weighted by molar-refractivity contribution is -0.0549. The molecule has 2 saturated heterocycles. The summed E-state index contributed by atoms with van der Waals surface area (Å²) in [6.07, 6.45) is 12.2. The molecule has 10 atom stereocenters. The van der Waals surface area contributed by atoms with Crippen LogP contribution in [-0.4, -0.2) is 35.5 Å². The Labute approximate surface area is 182 Å². The van der Waals surface area contributed by atoms with E-state index in [0.29, 0.717) is 23.5 Å². The van der Waals surface area contributed by atoms with Gasteiger partial charge in [0.15, 0.2) is 0 Å². The number of aliphatic hydroxyl groups excluding tert-OH is 1. The number of hydrogen-bond donors (Lipinski definition) is 2. The number of allylic oxidation sites excluding steroid dienone is 2. The first-order chi connectivity index (χ1) is 14.3. The number of rotatable bonds is 0. The summed E-state index contributed by atoms with van der Waals surface area (Å²) in [5, 5.41) is 14.1. The molecule has 2 heterocycles. The fourth-order valence-electron chi connectivity index (χ4n) is 9.09. The summed E-state index contributed by atoms with van der Waals surface area (Å²) >= 11 is 0. The molecule has 1 spiro atoms. The molecule has 0 aromatic heterocycles. The molecule has 6 rings (SSSR count). The molecule has 0 radical (unpaired) electrons. The van der Waals surface area contributed by atoms with Crippen molar-refractivity contribution in [1.82, 2.24) is 5.32 Å². The zero-order valence-corrected chi connectivity index (χ0v) is 19.4. The minimum Gasteiger partial charge on any atom is -0.393 e. The summed E-state index contributed by atoms with van der Waals surface area (Å²) in [5.74, 6) is 3.64. The number of aliphatic hydroxyl groups is 1. The maximum Gasteiger partial charge on any atom is 0.0937 e. The molecule has 0 aromatic rings. The quantitative estimate of drug-likeness (QED) is 0.551. The molecule has 2 N–H and O–H groups in total. The van der Waals surface area contributed by atoms with Crippen molar-refractivity contribution >= 4 is 0 Å². The number of nitrogens with one attached hydrogen (secondary N) is 1. The topological polar surface area (TPSA) is 41.5 Å². The van der Waals surface area contributed by atoms with Gasteiger partial charge in [-0.3, -0.25) is 0 Å². The van der Waals surface area contributed by atoms with Gasteiger partial charge >= 0.3 is 0 Å². The van der Waals surface area contributed by atoms with Crippen LogP contribution < -0.4 is 5.32 Å². The highest BCUT2D eigenvalue weighted by Gasteiger charge is 2.60. The monoisotopic (exact) mass is 411 g/mol. The van der Waals surface area contributed by atoms with Crippen molar-refractivity contribution in [2.45, 2.75) is 103 Å². The lowest BCUT2D eigenvalue weighted by atomic mass is 9.56. The molecule has 4 fully saturated rings. The van der Waals surface area contributed by atoms with Crippen LogP contribution in [0.5, 0.6) is 0 Å². The molecular weight excluding hydrogens is 370 g/mol. The minimum atomic E-state index is -0.111. The van der Waals surface area contributed by atoms with Crippen molar-refractivity contribution in [2.24, 2.45) is 35.0 Å². The van der Waals surface area contributed by atoms with Crippen molar-refractivity contribution < 1.29 is 9.84 Å². The average molecular weight is 412 g/mol. The van der Waals surface area contributed by atoms with E-state index in [1.807, 2.05) is 0 Å². The fraction of sp³-hybridized carbons (Fsp3) is 0.852. The lowest BCUT2D eigenvalue weighted by Gasteiger charge is -2.49. The Morgan fingerprint density at radius 2 is 2.00 bits per heavy atom. The average Bonchev–Trinajstić information content (AvgIpc) is 3.23. The maximum absolute atomic E-state index is 10.3. The molecule has 166 valence electrons. The molecule has 0 aromatic carbocycles. The molecule has 30 heavy (non-hydrogen) atoms. The summed E-state index contributed by atoms with van der Waals surface area (Å²) in [6.45, 7) is 10.9. The van der Waals surface area contributed by atoms with Gasteiger partial charge in [-0.1, -0.05) is 38.0 Å². The second-order valence-corrected chi connectivity index (χ2v) is 12.2. The zero-order valence-electron chi connectivity index (χ0n) is 19.4. The molecule has 3 heteroatoms. The Balaban J connectivity index is 1.34. The molecule has 0 amide bonds. The Bertz CT molecular complexity index is 801. The lowest BCUT2D eigenvalue weighted by Crippen LogP contribution is -2.49. The van der Waals surface area contributed by atoms with Crippen LogP contribution in [0.15, 0.2) is 22.8 Å². The van der Waals surface area contributed by atoms with E-state index >= 15 is 0 Å². The third-order valence-electron chi connectivity index (χ3n) is 10.9. The Morgan fingerprint density at radius 3 is 2.83 bits per heavy atom. The van der Waals surface area contributed by atoms with Gasteiger partial charge in [-0.05, 0) is 99.5 Å².